The van der Waals surface area contributed by atoms with Gasteiger partial charge in [-0.15, -0.1) is 11.3 Å². The van der Waals surface area contributed by atoms with Gasteiger partial charge in [0.2, 0.25) is 0 Å². The molecule has 0 aliphatic carbocycles. The molecular weight excluding hydrogens is 424 g/mol. The van der Waals surface area contributed by atoms with Crippen molar-refractivity contribution in [3.8, 4) is 16.3 Å². The van der Waals surface area contributed by atoms with Crippen LogP contribution in [0.15, 0.2) is 28.1 Å². The standard InChI is InChI=1S/C20H20N4O6S/c1-28-15(25)10-29-14-5-4-13(18-21-6-7-31-18)17-16(14)22-19(30-17)23-8-11-2-3-12(9-23)24(11)20(26)27/h4-7,11-12H,2-3,8-10H2,1H3,(H,26,27). The van der Waals surface area contributed by atoms with Crippen LogP contribution in [0.3, 0.4) is 0 Å². The molecule has 2 fully saturated rings. The topological polar surface area (TPSA) is 118 Å². The molecule has 0 saturated carbocycles. The van der Waals surface area contributed by atoms with E-state index in [1.807, 2.05) is 16.3 Å². The molecule has 1 N–H and O–H groups in total. The Bertz CT molecular complexity index is 1120. The van der Waals surface area contributed by atoms with Gasteiger partial charge >= 0.3 is 12.1 Å². The number of hydrogen-bond donors (Lipinski definition) is 1. The van der Waals surface area contributed by atoms with Gasteiger partial charge in [-0.3, -0.25) is 4.90 Å². The molecule has 162 valence electrons. The fourth-order valence-electron chi connectivity index (χ4n) is 4.32. The van der Waals surface area contributed by atoms with Gasteiger partial charge < -0.3 is 23.9 Å². The number of aromatic nitrogens is 2. The monoisotopic (exact) mass is 444 g/mol. The van der Waals surface area contributed by atoms with Crippen LogP contribution < -0.4 is 9.64 Å². The fourth-order valence-corrected chi connectivity index (χ4v) is 4.98. The van der Waals surface area contributed by atoms with Crippen LogP contribution in [-0.2, 0) is 9.53 Å². The first-order valence-electron chi connectivity index (χ1n) is 9.84. The second-order valence-corrected chi connectivity index (χ2v) is 8.36. The van der Waals surface area contributed by atoms with Gasteiger partial charge in [0.05, 0.1) is 24.8 Å². The summed E-state index contributed by atoms with van der Waals surface area (Å²) in [6, 6.07) is 3.80. The Hall–Kier alpha value is -3.34. The van der Waals surface area contributed by atoms with Crippen molar-refractivity contribution in [2.75, 3.05) is 31.7 Å². The lowest BCUT2D eigenvalue weighted by atomic mass is 10.2. The molecular formula is C20H20N4O6S. The lowest BCUT2D eigenvalue weighted by Gasteiger charge is -2.38. The number of fused-ring (bicyclic) bond motifs is 3. The molecule has 0 radical (unpaired) electrons. The van der Waals surface area contributed by atoms with Crippen molar-refractivity contribution < 1.29 is 28.6 Å². The summed E-state index contributed by atoms with van der Waals surface area (Å²) < 4.78 is 16.5. The van der Waals surface area contributed by atoms with Crippen molar-refractivity contribution in [1.82, 2.24) is 14.9 Å². The number of piperazine rings is 1. The number of benzene rings is 1. The molecule has 31 heavy (non-hydrogen) atoms. The van der Waals surface area contributed by atoms with Gasteiger partial charge in [-0.25, -0.2) is 14.6 Å². The molecule has 2 bridgehead atoms. The Morgan fingerprint density at radius 3 is 2.71 bits per heavy atom. The number of hydrogen-bond acceptors (Lipinski definition) is 9. The number of anilines is 1. The molecule has 11 heteroatoms. The SMILES string of the molecule is COC(=O)COc1ccc(-c2nccs2)c2oc(N3CC4CCC(C3)N4C(=O)O)nc12. The fraction of sp³-hybridized carbons (Fsp3) is 0.400. The van der Waals surface area contributed by atoms with Gasteiger partial charge in [0.15, 0.2) is 17.7 Å². The smallest absolute Gasteiger partial charge is 0.407 e. The van der Waals surface area contributed by atoms with Crippen molar-refractivity contribution in [3.63, 3.8) is 0 Å². The van der Waals surface area contributed by atoms with E-state index in [0.717, 1.165) is 23.4 Å². The maximum atomic E-state index is 11.6. The van der Waals surface area contributed by atoms with Gasteiger partial charge in [-0.05, 0) is 25.0 Å². The van der Waals surface area contributed by atoms with E-state index in [1.54, 1.807) is 17.2 Å². The van der Waals surface area contributed by atoms with Gasteiger partial charge in [-0.1, -0.05) is 0 Å². The highest BCUT2D eigenvalue weighted by molar-refractivity contribution is 7.13. The number of nitrogens with zero attached hydrogens (tertiary/aromatic N) is 4. The van der Waals surface area contributed by atoms with Gasteiger partial charge in [0, 0.05) is 24.7 Å². The molecule has 1 aromatic carbocycles. The summed E-state index contributed by atoms with van der Waals surface area (Å²) >= 11 is 1.48. The lowest BCUT2D eigenvalue weighted by molar-refractivity contribution is -0.142. The minimum atomic E-state index is -0.880. The van der Waals surface area contributed by atoms with E-state index in [2.05, 4.69) is 14.7 Å². The largest absolute Gasteiger partial charge is 0.479 e. The molecule has 2 atom stereocenters. The number of oxazole rings is 1. The first-order valence-corrected chi connectivity index (χ1v) is 10.7. The van der Waals surface area contributed by atoms with Crippen LogP contribution in [0, 0.1) is 0 Å². The summed E-state index contributed by atoms with van der Waals surface area (Å²) in [5, 5.41) is 12.2. The highest BCUT2D eigenvalue weighted by Gasteiger charge is 2.44. The summed E-state index contributed by atoms with van der Waals surface area (Å²) in [6.07, 6.45) is 2.49. The van der Waals surface area contributed by atoms with E-state index in [-0.39, 0.29) is 18.7 Å². The van der Waals surface area contributed by atoms with Crippen molar-refractivity contribution in [3.05, 3.63) is 23.7 Å². The first-order chi connectivity index (χ1) is 15.0. The molecule has 1 amide bonds. The zero-order valence-corrected chi connectivity index (χ0v) is 17.5. The van der Waals surface area contributed by atoms with E-state index in [9.17, 15) is 14.7 Å². The third-order valence-electron chi connectivity index (χ3n) is 5.70. The molecule has 2 unspecified atom stereocenters. The third kappa shape index (κ3) is 3.44. The number of methoxy groups -OCH3 is 1. The lowest BCUT2D eigenvalue weighted by Crippen LogP contribution is -2.55. The zero-order valence-electron chi connectivity index (χ0n) is 16.7. The van der Waals surface area contributed by atoms with E-state index in [4.69, 9.17) is 9.15 Å². The molecule has 4 heterocycles. The van der Waals surface area contributed by atoms with E-state index >= 15 is 0 Å². The van der Waals surface area contributed by atoms with Gasteiger partial charge in [-0.2, -0.15) is 4.98 Å². The number of rotatable bonds is 5. The molecule has 2 saturated heterocycles. The number of thiazole rings is 1. The summed E-state index contributed by atoms with van der Waals surface area (Å²) in [6.45, 7) is 0.785. The Balaban J connectivity index is 1.52. The van der Waals surface area contributed by atoms with Crippen molar-refractivity contribution in [1.29, 1.82) is 0 Å². The molecule has 3 aromatic rings. The molecule has 0 spiro atoms. The number of esters is 1. The second kappa shape index (κ2) is 7.73. The average molecular weight is 444 g/mol. The van der Waals surface area contributed by atoms with Gasteiger partial charge in [0.1, 0.15) is 10.8 Å². The van der Waals surface area contributed by atoms with Crippen LogP contribution in [0.25, 0.3) is 21.7 Å². The van der Waals surface area contributed by atoms with Crippen molar-refractivity contribution in [2.24, 2.45) is 0 Å². The van der Waals surface area contributed by atoms with E-state index in [0.29, 0.717) is 36.0 Å². The number of amides is 1. The highest BCUT2D eigenvalue weighted by atomic mass is 32.1. The Labute approximate surface area is 181 Å². The molecule has 2 aromatic heterocycles. The summed E-state index contributed by atoms with van der Waals surface area (Å²) in [7, 11) is 1.30. The van der Waals surface area contributed by atoms with Gasteiger partial charge in [0.25, 0.3) is 6.01 Å². The average Bonchev–Trinajstić information content (AvgIpc) is 3.50. The molecule has 5 rings (SSSR count). The van der Waals surface area contributed by atoms with Crippen LogP contribution in [-0.4, -0.2) is 70.9 Å². The van der Waals surface area contributed by atoms with Crippen molar-refractivity contribution >= 4 is 40.5 Å². The first kappa shape index (κ1) is 19.6. The highest BCUT2D eigenvalue weighted by Crippen LogP contribution is 2.39. The van der Waals surface area contributed by atoms with Crippen LogP contribution in [0.4, 0.5) is 10.8 Å². The van der Waals surface area contributed by atoms with E-state index in [1.165, 1.54) is 18.4 Å². The van der Waals surface area contributed by atoms with Crippen LogP contribution in [0.2, 0.25) is 0 Å². The Kier molecular flexibility index (Phi) is 4.89. The minimum absolute atomic E-state index is 0.0836. The molecule has 2 aliphatic heterocycles. The van der Waals surface area contributed by atoms with E-state index < -0.39 is 12.1 Å². The zero-order chi connectivity index (χ0) is 21.5. The number of carbonyl (C=O) groups excluding carboxylic acids is 1. The minimum Gasteiger partial charge on any atom is -0.479 e. The molecule has 10 nitrogen and oxygen atoms in total. The molecule has 2 aliphatic rings. The summed E-state index contributed by atoms with van der Waals surface area (Å²) in [5.41, 5.74) is 1.78. The van der Waals surface area contributed by atoms with Crippen LogP contribution in [0.1, 0.15) is 12.8 Å². The number of carbonyl (C=O) groups is 2. The maximum Gasteiger partial charge on any atom is 0.407 e. The summed E-state index contributed by atoms with van der Waals surface area (Å²) in [4.78, 5) is 35.7. The normalized spacial score (nSPS) is 20.3. The number of ether oxygens (including phenoxy) is 2. The number of carboxylic acid groups (broad SMARTS) is 1. The van der Waals surface area contributed by atoms with Crippen LogP contribution >= 0.6 is 11.3 Å². The second-order valence-electron chi connectivity index (χ2n) is 7.47. The Morgan fingerprint density at radius 2 is 2.06 bits per heavy atom. The summed E-state index contributed by atoms with van der Waals surface area (Å²) in [5.74, 6) is -0.0925. The third-order valence-corrected chi connectivity index (χ3v) is 6.51. The predicted octanol–water partition coefficient (Wildman–Crippen LogP) is 2.83. The quantitative estimate of drug-likeness (QED) is 0.593. The van der Waals surface area contributed by atoms with Crippen LogP contribution in [0.5, 0.6) is 5.75 Å². The predicted molar refractivity (Wildman–Crippen MR) is 112 cm³/mol. The maximum absolute atomic E-state index is 11.6. The van der Waals surface area contributed by atoms with Crippen molar-refractivity contribution in [2.45, 2.75) is 24.9 Å². The Morgan fingerprint density at radius 1 is 1.29 bits per heavy atom.